The van der Waals surface area contributed by atoms with E-state index >= 15 is 0 Å². The Morgan fingerprint density at radius 1 is 1.12 bits per heavy atom. The van der Waals surface area contributed by atoms with Crippen molar-refractivity contribution in [2.45, 2.75) is 19.9 Å². The van der Waals surface area contributed by atoms with Crippen LogP contribution < -0.4 is 14.9 Å². The molecule has 0 aliphatic heterocycles. The molecule has 0 spiro atoms. The maximum Gasteiger partial charge on any atom is 0.307 e. The Labute approximate surface area is 149 Å². The number of thiazole rings is 1. The van der Waals surface area contributed by atoms with E-state index in [2.05, 4.69) is 5.32 Å². The van der Waals surface area contributed by atoms with Crippen molar-refractivity contribution in [2.75, 3.05) is 5.32 Å². The fourth-order valence-corrected chi connectivity index (χ4v) is 3.14. The van der Waals surface area contributed by atoms with Crippen molar-refractivity contribution in [3.63, 3.8) is 0 Å². The van der Waals surface area contributed by atoms with Gasteiger partial charge in [-0.05, 0) is 31.2 Å². The lowest BCUT2D eigenvalue weighted by molar-refractivity contribution is -0.116. The third-order valence-electron chi connectivity index (χ3n) is 3.67. The van der Waals surface area contributed by atoms with Crippen LogP contribution >= 0.6 is 11.3 Å². The van der Waals surface area contributed by atoms with E-state index in [0.717, 1.165) is 17.0 Å². The molecule has 25 heavy (non-hydrogen) atoms. The van der Waals surface area contributed by atoms with Crippen LogP contribution in [-0.4, -0.2) is 10.5 Å². The van der Waals surface area contributed by atoms with Gasteiger partial charge in [0, 0.05) is 24.0 Å². The maximum atomic E-state index is 12.3. The summed E-state index contributed by atoms with van der Waals surface area (Å²) in [6, 6.07) is 16.7. The van der Waals surface area contributed by atoms with E-state index in [1.807, 2.05) is 49.4 Å². The molecule has 0 atom stereocenters. The zero-order valence-corrected chi connectivity index (χ0v) is 14.6. The van der Waals surface area contributed by atoms with Crippen LogP contribution in [0.15, 0.2) is 64.8 Å². The fraction of sp³-hybridized carbons (Fsp3) is 0.158. The molecular formula is C19H18N2O3S. The molecule has 6 heteroatoms. The SMILES string of the molecule is Cc1csc(=O)n1CCC(=O)Nc1ccccc1Oc1ccccc1. The first-order chi connectivity index (χ1) is 12.1. The van der Waals surface area contributed by atoms with Crippen LogP contribution in [0.1, 0.15) is 12.1 Å². The van der Waals surface area contributed by atoms with Crippen molar-refractivity contribution in [3.05, 3.63) is 75.3 Å². The second-order valence-corrected chi connectivity index (χ2v) is 6.32. The molecule has 0 bridgehead atoms. The van der Waals surface area contributed by atoms with Crippen LogP contribution in [0.2, 0.25) is 0 Å². The van der Waals surface area contributed by atoms with Crippen molar-refractivity contribution in [2.24, 2.45) is 0 Å². The minimum Gasteiger partial charge on any atom is -0.455 e. The summed E-state index contributed by atoms with van der Waals surface area (Å²) < 4.78 is 7.44. The Kier molecular flexibility index (Phi) is 5.30. The molecule has 1 aromatic heterocycles. The van der Waals surface area contributed by atoms with Crippen LogP contribution in [0.25, 0.3) is 0 Å². The fourth-order valence-electron chi connectivity index (χ4n) is 2.38. The molecular weight excluding hydrogens is 336 g/mol. The number of amides is 1. The molecule has 3 rings (SSSR count). The Balaban J connectivity index is 1.66. The molecule has 1 heterocycles. The van der Waals surface area contributed by atoms with Gasteiger partial charge in [0.2, 0.25) is 5.91 Å². The van der Waals surface area contributed by atoms with Crippen molar-refractivity contribution in [1.29, 1.82) is 0 Å². The molecule has 1 N–H and O–H groups in total. The number of hydrogen-bond donors (Lipinski definition) is 1. The van der Waals surface area contributed by atoms with Gasteiger partial charge in [-0.25, -0.2) is 0 Å². The minimum absolute atomic E-state index is 0.0434. The molecule has 128 valence electrons. The van der Waals surface area contributed by atoms with E-state index in [1.54, 1.807) is 22.1 Å². The van der Waals surface area contributed by atoms with Gasteiger partial charge in [0.15, 0.2) is 5.75 Å². The molecule has 0 saturated carbocycles. The first kappa shape index (κ1) is 17.0. The summed E-state index contributed by atoms with van der Waals surface area (Å²) >= 11 is 1.15. The smallest absolute Gasteiger partial charge is 0.307 e. The average Bonchev–Trinajstić information content (AvgIpc) is 2.94. The monoisotopic (exact) mass is 354 g/mol. The zero-order valence-electron chi connectivity index (χ0n) is 13.8. The summed E-state index contributed by atoms with van der Waals surface area (Å²) in [5.41, 5.74) is 1.47. The van der Waals surface area contributed by atoms with Gasteiger partial charge in [-0.1, -0.05) is 41.7 Å². The van der Waals surface area contributed by atoms with Gasteiger partial charge in [0.25, 0.3) is 0 Å². The second-order valence-electron chi connectivity index (χ2n) is 5.50. The molecule has 0 radical (unpaired) electrons. The number of aryl methyl sites for hydroxylation is 1. The number of hydrogen-bond acceptors (Lipinski definition) is 4. The summed E-state index contributed by atoms with van der Waals surface area (Å²) in [4.78, 5) is 23.9. The molecule has 0 aliphatic rings. The predicted molar refractivity (Wildman–Crippen MR) is 99.5 cm³/mol. The Morgan fingerprint density at radius 3 is 2.56 bits per heavy atom. The number of nitrogens with one attached hydrogen (secondary N) is 1. The highest BCUT2D eigenvalue weighted by Crippen LogP contribution is 2.29. The van der Waals surface area contributed by atoms with E-state index in [9.17, 15) is 9.59 Å². The Hall–Kier alpha value is -2.86. The second kappa shape index (κ2) is 7.81. The maximum absolute atomic E-state index is 12.3. The summed E-state index contributed by atoms with van der Waals surface area (Å²) in [6.07, 6.45) is 0.219. The van der Waals surface area contributed by atoms with E-state index < -0.39 is 0 Å². The number of benzene rings is 2. The topological polar surface area (TPSA) is 60.3 Å². The molecule has 1 amide bonds. The number of carbonyl (C=O) groups excluding carboxylic acids is 1. The highest BCUT2D eigenvalue weighted by molar-refractivity contribution is 7.07. The van der Waals surface area contributed by atoms with Gasteiger partial charge in [-0.3, -0.25) is 9.59 Å². The quantitative estimate of drug-likeness (QED) is 0.727. The first-order valence-electron chi connectivity index (χ1n) is 7.90. The number of para-hydroxylation sites is 3. The standard InChI is InChI=1S/C19H18N2O3S/c1-14-13-25-19(23)21(14)12-11-18(22)20-16-9-5-6-10-17(16)24-15-7-3-2-4-8-15/h2-10,13H,11-12H2,1H3,(H,20,22). The van der Waals surface area contributed by atoms with Gasteiger partial charge in [-0.2, -0.15) is 0 Å². The largest absolute Gasteiger partial charge is 0.455 e. The van der Waals surface area contributed by atoms with Crippen LogP contribution in [-0.2, 0) is 11.3 Å². The highest BCUT2D eigenvalue weighted by atomic mass is 32.1. The number of aromatic nitrogens is 1. The third kappa shape index (κ3) is 4.36. The predicted octanol–water partition coefficient (Wildman–Crippen LogP) is 4.04. The highest BCUT2D eigenvalue weighted by Gasteiger charge is 2.10. The molecule has 3 aromatic rings. The Morgan fingerprint density at radius 2 is 1.84 bits per heavy atom. The van der Waals surface area contributed by atoms with Crippen molar-refractivity contribution >= 4 is 22.9 Å². The van der Waals surface area contributed by atoms with Crippen LogP contribution in [0.4, 0.5) is 5.69 Å². The summed E-state index contributed by atoms with van der Waals surface area (Å²) in [6.45, 7) is 2.22. The zero-order chi connectivity index (χ0) is 17.6. The van der Waals surface area contributed by atoms with Gasteiger partial charge >= 0.3 is 4.87 Å². The molecule has 0 unspecified atom stereocenters. The molecule has 0 fully saturated rings. The van der Waals surface area contributed by atoms with Crippen molar-refractivity contribution in [1.82, 2.24) is 4.57 Å². The van der Waals surface area contributed by atoms with Crippen LogP contribution in [0, 0.1) is 6.92 Å². The van der Waals surface area contributed by atoms with Gasteiger partial charge in [0.1, 0.15) is 5.75 Å². The number of ether oxygens (including phenoxy) is 1. The van der Waals surface area contributed by atoms with E-state index in [1.165, 1.54) is 0 Å². The summed E-state index contributed by atoms with van der Waals surface area (Å²) in [7, 11) is 0. The summed E-state index contributed by atoms with van der Waals surface area (Å²) in [5, 5.41) is 4.65. The lowest BCUT2D eigenvalue weighted by Crippen LogP contribution is -2.20. The van der Waals surface area contributed by atoms with Gasteiger partial charge in [-0.15, -0.1) is 0 Å². The normalized spacial score (nSPS) is 10.4. The minimum atomic E-state index is -0.165. The van der Waals surface area contributed by atoms with Crippen molar-refractivity contribution in [3.8, 4) is 11.5 Å². The van der Waals surface area contributed by atoms with Gasteiger partial charge < -0.3 is 14.6 Å². The van der Waals surface area contributed by atoms with Crippen molar-refractivity contribution < 1.29 is 9.53 Å². The van der Waals surface area contributed by atoms with Crippen LogP contribution in [0.3, 0.4) is 0 Å². The molecule has 2 aromatic carbocycles. The van der Waals surface area contributed by atoms with E-state index in [-0.39, 0.29) is 17.2 Å². The first-order valence-corrected chi connectivity index (χ1v) is 8.78. The van der Waals surface area contributed by atoms with Gasteiger partial charge in [0.05, 0.1) is 5.69 Å². The van der Waals surface area contributed by atoms with E-state index in [0.29, 0.717) is 23.7 Å². The number of rotatable bonds is 6. The number of carbonyl (C=O) groups is 1. The number of nitrogens with zero attached hydrogens (tertiary/aromatic N) is 1. The van der Waals surface area contributed by atoms with Crippen LogP contribution in [0.5, 0.6) is 11.5 Å². The number of anilines is 1. The third-order valence-corrected chi connectivity index (χ3v) is 4.55. The summed E-state index contributed by atoms with van der Waals surface area (Å²) in [5.74, 6) is 1.11. The lowest BCUT2D eigenvalue weighted by Gasteiger charge is -2.12. The van der Waals surface area contributed by atoms with E-state index in [4.69, 9.17) is 4.74 Å². The lowest BCUT2D eigenvalue weighted by atomic mass is 10.2. The molecule has 0 aliphatic carbocycles. The molecule has 0 saturated heterocycles. The Bertz CT molecular complexity index is 916. The molecule has 5 nitrogen and oxygen atoms in total. The average molecular weight is 354 g/mol.